The zero-order valence-electron chi connectivity index (χ0n) is 11.0. The Labute approximate surface area is 116 Å². The maximum Gasteiger partial charge on any atom is 0.422 e. The van der Waals surface area contributed by atoms with Crippen molar-refractivity contribution in [1.29, 1.82) is 0 Å². The Morgan fingerprint density at radius 3 is 2.79 bits per heavy atom. The molecule has 2 aromatic heterocycles. The molecule has 4 rings (SSSR count). The van der Waals surface area contributed by atoms with E-state index in [9.17, 15) is 0 Å². The smallest absolute Gasteiger partial charge is 0.287 e. The molecule has 0 aromatic carbocycles. The fourth-order valence-electron chi connectivity index (χ4n) is 3.15. The van der Waals surface area contributed by atoms with E-state index in [0.29, 0.717) is 0 Å². The minimum absolute atomic E-state index is 0.190. The summed E-state index contributed by atoms with van der Waals surface area (Å²) in [7, 11) is 0. The molecular formula is C15H16NO2S+. The van der Waals surface area contributed by atoms with E-state index < -0.39 is 5.91 Å². The molecule has 3 nitrogen and oxygen atoms in total. The highest BCUT2D eigenvalue weighted by atomic mass is 32.1. The van der Waals surface area contributed by atoms with Gasteiger partial charge in [0.25, 0.3) is 0 Å². The largest absolute Gasteiger partial charge is 0.422 e. The highest BCUT2D eigenvalue weighted by molar-refractivity contribution is 7.13. The van der Waals surface area contributed by atoms with Crippen molar-refractivity contribution < 1.29 is 14.0 Å². The second-order valence-corrected chi connectivity index (χ2v) is 6.21. The summed E-state index contributed by atoms with van der Waals surface area (Å²) in [6.45, 7) is 4.24. The summed E-state index contributed by atoms with van der Waals surface area (Å²) >= 11 is 1.74. The summed E-state index contributed by atoms with van der Waals surface area (Å²) in [4.78, 5) is 1.25. The fraction of sp³-hybridized carbons (Fsp3) is 0.400. The maximum absolute atomic E-state index is 6.26. The molecule has 2 aliphatic heterocycles. The average molecular weight is 274 g/mol. The van der Waals surface area contributed by atoms with Crippen LogP contribution in [0.15, 0.2) is 35.8 Å². The van der Waals surface area contributed by atoms with Crippen molar-refractivity contribution in [2.45, 2.75) is 38.4 Å². The van der Waals surface area contributed by atoms with E-state index in [4.69, 9.17) is 9.47 Å². The summed E-state index contributed by atoms with van der Waals surface area (Å²) < 4.78 is 14.7. The molecule has 2 aromatic rings. The van der Waals surface area contributed by atoms with E-state index in [1.807, 2.05) is 12.3 Å². The summed E-state index contributed by atoms with van der Waals surface area (Å²) in [5.74, 6) is -0.761. The SMILES string of the molecule is CC1CC(C)OC2(O1)c1ccsc1-c1cccc[n+]12. The lowest BCUT2D eigenvalue weighted by Gasteiger charge is -2.35. The molecule has 98 valence electrons. The number of ether oxygens (including phenoxy) is 2. The van der Waals surface area contributed by atoms with Crippen molar-refractivity contribution in [2.75, 3.05) is 0 Å². The molecule has 2 unspecified atom stereocenters. The lowest BCUT2D eigenvalue weighted by Crippen LogP contribution is -2.62. The molecule has 4 heterocycles. The Morgan fingerprint density at radius 1 is 1.21 bits per heavy atom. The van der Waals surface area contributed by atoms with Gasteiger partial charge in [0.15, 0.2) is 6.20 Å². The quantitative estimate of drug-likeness (QED) is 0.689. The van der Waals surface area contributed by atoms with Gasteiger partial charge >= 0.3 is 5.91 Å². The average Bonchev–Trinajstić information content (AvgIpc) is 2.93. The van der Waals surface area contributed by atoms with Crippen LogP contribution in [0.3, 0.4) is 0 Å². The highest BCUT2D eigenvalue weighted by Gasteiger charge is 2.58. The van der Waals surface area contributed by atoms with Crippen molar-refractivity contribution in [3.05, 3.63) is 41.4 Å². The van der Waals surface area contributed by atoms with Crippen LogP contribution in [0.25, 0.3) is 10.6 Å². The molecule has 19 heavy (non-hydrogen) atoms. The van der Waals surface area contributed by atoms with Gasteiger partial charge in [0.2, 0.25) is 5.69 Å². The van der Waals surface area contributed by atoms with E-state index in [1.54, 1.807) is 11.3 Å². The van der Waals surface area contributed by atoms with Gasteiger partial charge in [-0.3, -0.25) is 9.47 Å². The Bertz CT molecular complexity index is 627. The van der Waals surface area contributed by atoms with Crippen LogP contribution in [0.4, 0.5) is 0 Å². The van der Waals surface area contributed by atoms with Crippen molar-refractivity contribution >= 4 is 11.3 Å². The Balaban J connectivity index is 1.97. The van der Waals surface area contributed by atoms with Gasteiger partial charge in [0.05, 0.1) is 12.2 Å². The third-order valence-corrected chi connectivity index (χ3v) is 4.74. The molecule has 0 saturated carbocycles. The lowest BCUT2D eigenvalue weighted by molar-refractivity contribution is -0.841. The number of aromatic nitrogens is 1. The third kappa shape index (κ3) is 1.48. The molecule has 1 spiro atoms. The summed E-state index contributed by atoms with van der Waals surface area (Å²) in [6, 6.07) is 8.33. The van der Waals surface area contributed by atoms with E-state index in [2.05, 4.69) is 42.0 Å². The molecule has 1 fully saturated rings. The van der Waals surface area contributed by atoms with E-state index in [0.717, 1.165) is 12.0 Å². The number of hydrogen-bond donors (Lipinski definition) is 0. The molecular weight excluding hydrogens is 258 g/mol. The van der Waals surface area contributed by atoms with Crippen LogP contribution in [0.5, 0.6) is 0 Å². The van der Waals surface area contributed by atoms with Crippen molar-refractivity contribution in [2.24, 2.45) is 0 Å². The molecule has 0 bridgehead atoms. The maximum atomic E-state index is 6.26. The van der Waals surface area contributed by atoms with Crippen molar-refractivity contribution in [3.63, 3.8) is 0 Å². The first-order chi connectivity index (χ1) is 9.21. The van der Waals surface area contributed by atoms with Gasteiger partial charge in [-0.25, -0.2) is 0 Å². The molecule has 2 atom stereocenters. The Kier molecular flexibility index (Phi) is 2.37. The van der Waals surface area contributed by atoms with Gasteiger partial charge in [0.1, 0.15) is 10.4 Å². The van der Waals surface area contributed by atoms with Gasteiger partial charge in [-0.05, 0) is 31.4 Å². The van der Waals surface area contributed by atoms with Crippen LogP contribution < -0.4 is 4.57 Å². The zero-order chi connectivity index (χ0) is 13.0. The van der Waals surface area contributed by atoms with Crippen LogP contribution in [0, 0.1) is 0 Å². The number of rotatable bonds is 0. The van der Waals surface area contributed by atoms with Crippen molar-refractivity contribution in [1.82, 2.24) is 0 Å². The van der Waals surface area contributed by atoms with Gasteiger partial charge < -0.3 is 0 Å². The van der Waals surface area contributed by atoms with Crippen molar-refractivity contribution in [3.8, 4) is 10.6 Å². The third-order valence-electron chi connectivity index (χ3n) is 3.80. The zero-order valence-corrected chi connectivity index (χ0v) is 11.8. The second kappa shape index (κ2) is 3.88. The number of pyridine rings is 1. The summed E-state index contributed by atoms with van der Waals surface area (Å²) in [5, 5.41) is 2.11. The van der Waals surface area contributed by atoms with E-state index in [-0.39, 0.29) is 12.2 Å². The fourth-order valence-corrected chi connectivity index (χ4v) is 4.10. The number of thiophene rings is 1. The van der Waals surface area contributed by atoms with E-state index >= 15 is 0 Å². The molecule has 0 aliphatic carbocycles. The first kappa shape index (κ1) is 11.6. The summed E-state index contributed by atoms with van der Waals surface area (Å²) in [5.41, 5.74) is 2.32. The number of hydrogen-bond acceptors (Lipinski definition) is 3. The minimum atomic E-state index is -0.761. The minimum Gasteiger partial charge on any atom is -0.287 e. The van der Waals surface area contributed by atoms with Crippen LogP contribution in [-0.4, -0.2) is 12.2 Å². The normalized spacial score (nSPS) is 32.3. The standard InChI is InChI=1S/C15H16NO2S/c1-10-9-11(2)18-15(17-10)12-6-8-19-14(12)13-5-3-4-7-16(13)15/h3-8,10-11H,9H2,1-2H3/q+1. The molecule has 0 N–H and O–H groups in total. The van der Waals surface area contributed by atoms with Crippen LogP contribution in [0.2, 0.25) is 0 Å². The monoisotopic (exact) mass is 274 g/mol. The molecule has 2 aliphatic rings. The molecule has 4 heteroatoms. The first-order valence-corrected chi connectivity index (χ1v) is 7.54. The Morgan fingerprint density at radius 2 is 2.00 bits per heavy atom. The predicted molar refractivity (Wildman–Crippen MR) is 72.7 cm³/mol. The van der Waals surface area contributed by atoms with E-state index in [1.165, 1.54) is 10.6 Å². The van der Waals surface area contributed by atoms with Crippen LogP contribution >= 0.6 is 11.3 Å². The van der Waals surface area contributed by atoms with Gasteiger partial charge in [-0.1, -0.05) is 0 Å². The number of nitrogens with zero attached hydrogens (tertiary/aromatic N) is 1. The van der Waals surface area contributed by atoms with Gasteiger partial charge in [-0.15, -0.1) is 15.9 Å². The Hall–Kier alpha value is -1.23. The highest BCUT2D eigenvalue weighted by Crippen LogP contribution is 2.45. The van der Waals surface area contributed by atoms with Gasteiger partial charge in [-0.2, -0.15) is 0 Å². The molecule has 1 saturated heterocycles. The van der Waals surface area contributed by atoms with Crippen LogP contribution in [0.1, 0.15) is 25.8 Å². The first-order valence-electron chi connectivity index (χ1n) is 6.66. The van der Waals surface area contributed by atoms with Gasteiger partial charge in [0, 0.05) is 18.6 Å². The lowest BCUT2D eigenvalue weighted by atomic mass is 10.1. The topological polar surface area (TPSA) is 22.3 Å². The summed E-state index contributed by atoms with van der Waals surface area (Å²) in [6.07, 6.45) is 3.36. The molecule has 0 amide bonds. The van der Waals surface area contributed by atoms with Crippen LogP contribution in [-0.2, 0) is 15.4 Å². The number of fused-ring (bicyclic) bond motifs is 5. The predicted octanol–water partition coefficient (Wildman–Crippen LogP) is 2.89. The second-order valence-electron chi connectivity index (χ2n) is 5.29. The molecule has 0 radical (unpaired) electrons.